The van der Waals surface area contributed by atoms with E-state index in [1.807, 2.05) is 0 Å². The van der Waals surface area contributed by atoms with Crippen LogP contribution < -0.4 is 5.32 Å². The molecule has 3 heteroatoms. The van der Waals surface area contributed by atoms with E-state index >= 15 is 0 Å². The summed E-state index contributed by atoms with van der Waals surface area (Å²) in [4.78, 5) is 0. The smallest absolute Gasteiger partial charge is 0.0534 e. The minimum atomic E-state index is -0.205. The molecule has 0 aromatic heterocycles. The first kappa shape index (κ1) is 13.2. The fourth-order valence-electron chi connectivity index (χ4n) is 2.96. The van der Waals surface area contributed by atoms with Gasteiger partial charge in [0.2, 0.25) is 0 Å². The quantitative estimate of drug-likeness (QED) is 0.784. The highest BCUT2D eigenvalue weighted by molar-refractivity contribution is 9.10. The van der Waals surface area contributed by atoms with Crippen LogP contribution in [0.2, 0.25) is 17.6 Å². The summed E-state index contributed by atoms with van der Waals surface area (Å²) in [6.07, 6.45) is 0. The summed E-state index contributed by atoms with van der Waals surface area (Å²) in [5, 5.41) is 3.62. The number of rotatable bonds is 3. The van der Waals surface area contributed by atoms with E-state index in [0.29, 0.717) is 5.92 Å². The van der Waals surface area contributed by atoms with Gasteiger partial charge in [0.05, 0.1) is 8.80 Å². The molecule has 1 aromatic rings. The van der Waals surface area contributed by atoms with Crippen molar-refractivity contribution in [1.82, 2.24) is 0 Å². The van der Waals surface area contributed by atoms with Crippen molar-refractivity contribution in [3.8, 4) is 0 Å². The first-order valence-electron chi connectivity index (χ1n) is 6.55. The van der Waals surface area contributed by atoms with Crippen molar-refractivity contribution in [3.63, 3.8) is 0 Å². The maximum absolute atomic E-state index is 3.62. The summed E-state index contributed by atoms with van der Waals surface area (Å²) in [7, 11) is -0.205. The molecule has 93 valence electrons. The zero-order valence-corrected chi connectivity index (χ0v) is 13.5. The summed E-state index contributed by atoms with van der Waals surface area (Å²) >= 11 is 3.59. The number of fused-ring (bicyclic) bond motifs is 1. The highest BCUT2D eigenvalue weighted by Crippen LogP contribution is 2.42. The van der Waals surface area contributed by atoms with Crippen LogP contribution in [0.15, 0.2) is 22.7 Å². The van der Waals surface area contributed by atoms with Crippen molar-refractivity contribution in [1.29, 1.82) is 0 Å². The van der Waals surface area contributed by atoms with Crippen LogP contribution in [0.5, 0.6) is 0 Å². The minimum Gasteiger partial charge on any atom is -0.385 e. The Hall–Kier alpha value is -0.283. The van der Waals surface area contributed by atoms with Gasteiger partial charge < -0.3 is 5.32 Å². The number of hydrogen-bond acceptors (Lipinski definition) is 1. The molecule has 0 fully saturated rings. The second-order valence-corrected chi connectivity index (χ2v) is 9.26. The molecular weight excluding hydrogens is 290 g/mol. The fraction of sp³-hybridized carbons (Fsp3) is 0.571. The second kappa shape index (κ2) is 5.57. The van der Waals surface area contributed by atoms with E-state index in [1.165, 1.54) is 34.4 Å². The summed E-state index contributed by atoms with van der Waals surface area (Å²) in [6, 6.07) is 9.41. The van der Waals surface area contributed by atoms with E-state index in [2.05, 4.69) is 60.2 Å². The Morgan fingerprint density at radius 3 is 2.71 bits per heavy atom. The van der Waals surface area contributed by atoms with Gasteiger partial charge in [-0.3, -0.25) is 0 Å². The maximum Gasteiger partial charge on any atom is 0.0534 e. The standard InChI is InChI=1S/C14H21BrNSi/c1-4-17(5-2)14-9-16-13-7-6-11(15)8-12(13)10(14)3/h6-8,10,14,16H,4-5,9H2,1-3H3. The molecule has 1 aliphatic heterocycles. The Labute approximate surface area is 115 Å². The molecule has 1 heterocycles. The largest absolute Gasteiger partial charge is 0.385 e. The van der Waals surface area contributed by atoms with E-state index in [1.54, 1.807) is 0 Å². The topological polar surface area (TPSA) is 12.0 Å². The Bertz CT molecular complexity index is 390. The minimum absolute atomic E-state index is 0.205. The van der Waals surface area contributed by atoms with Crippen molar-refractivity contribution in [2.45, 2.75) is 44.3 Å². The van der Waals surface area contributed by atoms with Gasteiger partial charge in [-0.2, -0.15) is 0 Å². The van der Waals surface area contributed by atoms with Gasteiger partial charge in [-0.15, -0.1) is 0 Å². The maximum atomic E-state index is 3.62. The molecule has 1 aromatic carbocycles. The Morgan fingerprint density at radius 2 is 2.06 bits per heavy atom. The van der Waals surface area contributed by atoms with E-state index < -0.39 is 0 Å². The zero-order valence-electron chi connectivity index (χ0n) is 10.9. The average molecular weight is 311 g/mol. The number of hydrogen-bond donors (Lipinski definition) is 1. The Morgan fingerprint density at radius 1 is 1.35 bits per heavy atom. The first-order chi connectivity index (χ1) is 8.17. The zero-order chi connectivity index (χ0) is 12.4. The first-order valence-corrected chi connectivity index (χ1v) is 9.33. The number of benzene rings is 1. The highest BCUT2D eigenvalue weighted by atomic mass is 79.9. The van der Waals surface area contributed by atoms with Gasteiger partial charge in [0.1, 0.15) is 0 Å². The van der Waals surface area contributed by atoms with Gasteiger partial charge in [-0.1, -0.05) is 48.8 Å². The van der Waals surface area contributed by atoms with Crippen molar-refractivity contribution < 1.29 is 0 Å². The van der Waals surface area contributed by atoms with E-state index in [4.69, 9.17) is 0 Å². The number of anilines is 1. The third kappa shape index (κ3) is 2.60. The molecule has 0 bridgehead atoms. The second-order valence-electron chi connectivity index (χ2n) is 4.87. The van der Waals surface area contributed by atoms with Crippen LogP contribution in [0.4, 0.5) is 5.69 Å². The van der Waals surface area contributed by atoms with Gasteiger partial charge in [0.25, 0.3) is 0 Å². The monoisotopic (exact) mass is 310 g/mol. The van der Waals surface area contributed by atoms with Gasteiger partial charge in [-0.05, 0) is 35.2 Å². The van der Waals surface area contributed by atoms with E-state index in [-0.39, 0.29) is 8.80 Å². The van der Waals surface area contributed by atoms with Crippen molar-refractivity contribution in [3.05, 3.63) is 28.2 Å². The van der Waals surface area contributed by atoms with Crippen molar-refractivity contribution in [2.24, 2.45) is 0 Å². The third-order valence-electron chi connectivity index (χ3n) is 4.05. The van der Waals surface area contributed by atoms with Crippen LogP contribution in [0, 0.1) is 0 Å². The van der Waals surface area contributed by atoms with E-state index in [0.717, 1.165) is 5.54 Å². The molecule has 2 atom stereocenters. The lowest BCUT2D eigenvalue weighted by Gasteiger charge is -2.36. The number of nitrogens with one attached hydrogen (secondary N) is 1. The van der Waals surface area contributed by atoms with E-state index in [9.17, 15) is 0 Å². The molecule has 0 aliphatic carbocycles. The molecule has 2 unspecified atom stereocenters. The summed E-state index contributed by atoms with van der Waals surface area (Å²) in [6.45, 7) is 8.31. The Balaban J connectivity index is 2.28. The third-order valence-corrected chi connectivity index (χ3v) is 8.12. The predicted octanol–water partition coefficient (Wildman–Crippen LogP) is 4.88. The molecule has 1 nitrogen and oxygen atoms in total. The molecule has 2 rings (SSSR count). The molecule has 0 saturated carbocycles. The molecule has 17 heavy (non-hydrogen) atoms. The molecule has 1 radical (unpaired) electrons. The van der Waals surface area contributed by atoms with Gasteiger partial charge in [-0.25, -0.2) is 0 Å². The molecule has 0 amide bonds. The summed E-state index contributed by atoms with van der Waals surface area (Å²) in [5.74, 6) is 0.706. The van der Waals surface area contributed by atoms with Crippen LogP contribution in [0.3, 0.4) is 0 Å². The van der Waals surface area contributed by atoms with Crippen LogP contribution in [-0.4, -0.2) is 15.3 Å². The SMILES string of the molecule is CC[Si](CC)C1CNc2ccc(Br)cc2C1C. The van der Waals surface area contributed by atoms with Crippen LogP contribution in [-0.2, 0) is 0 Å². The van der Waals surface area contributed by atoms with Crippen LogP contribution in [0.1, 0.15) is 32.3 Å². The average Bonchev–Trinajstić information content (AvgIpc) is 2.34. The van der Waals surface area contributed by atoms with Crippen LogP contribution >= 0.6 is 15.9 Å². The molecule has 0 spiro atoms. The summed E-state index contributed by atoms with van der Waals surface area (Å²) in [5.41, 5.74) is 3.71. The van der Waals surface area contributed by atoms with Gasteiger partial charge in [0, 0.05) is 16.7 Å². The Kier molecular flexibility index (Phi) is 4.31. The van der Waals surface area contributed by atoms with Crippen LogP contribution in [0.25, 0.3) is 0 Å². The molecule has 1 N–H and O–H groups in total. The highest BCUT2D eigenvalue weighted by Gasteiger charge is 2.31. The lowest BCUT2D eigenvalue weighted by Crippen LogP contribution is -2.32. The normalized spacial score (nSPS) is 23.4. The lowest BCUT2D eigenvalue weighted by atomic mass is 9.92. The lowest BCUT2D eigenvalue weighted by molar-refractivity contribution is 0.662. The molecular formula is C14H21BrNSi. The van der Waals surface area contributed by atoms with Gasteiger partial charge >= 0.3 is 0 Å². The van der Waals surface area contributed by atoms with Crippen molar-refractivity contribution >= 4 is 30.4 Å². The predicted molar refractivity (Wildman–Crippen MR) is 81.5 cm³/mol. The molecule has 1 aliphatic rings. The van der Waals surface area contributed by atoms with Crippen molar-refractivity contribution in [2.75, 3.05) is 11.9 Å². The number of halogens is 1. The fourth-order valence-corrected chi connectivity index (χ4v) is 6.16. The van der Waals surface area contributed by atoms with Gasteiger partial charge in [0.15, 0.2) is 0 Å². The summed E-state index contributed by atoms with van der Waals surface area (Å²) < 4.78 is 1.20. The molecule has 0 saturated heterocycles.